The van der Waals surface area contributed by atoms with Crippen LogP contribution in [0.25, 0.3) is 0 Å². The van der Waals surface area contributed by atoms with E-state index in [1.54, 1.807) is 11.8 Å². The van der Waals surface area contributed by atoms with Crippen LogP contribution in [-0.4, -0.2) is 41.0 Å². The largest absolute Gasteiger partial charge is 0.445 e. The maximum absolute atomic E-state index is 12.6. The van der Waals surface area contributed by atoms with E-state index < -0.39 is 11.6 Å². The summed E-state index contributed by atoms with van der Waals surface area (Å²) in [6.45, 7) is 2.55. The zero-order chi connectivity index (χ0) is 20.3. The number of rotatable bonds is 5. The van der Waals surface area contributed by atoms with Crippen molar-refractivity contribution in [2.45, 2.75) is 44.4 Å². The fourth-order valence-electron chi connectivity index (χ4n) is 3.81. The van der Waals surface area contributed by atoms with Crippen LogP contribution in [0.15, 0.2) is 65.7 Å². The minimum Gasteiger partial charge on any atom is -0.445 e. The van der Waals surface area contributed by atoms with Gasteiger partial charge in [0.15, 0.2) is 5.54 Å². The first-order valence-electron chi connectivity index (χ1n) is 9.88. The quantitative estimate of drug-likeness (QED) is 0.727. The van der Waals surface area contributed by atoms with Gasteiger partial charge in [0, 0.05) is 13.0 Å². The minimum absolute atomic E-state index is 0.209. The van der Waals surface area contributed by atoms with Gasteiger partial charge in [0.05, 0.1) is 0 Å². The minimum atomic E-state index is -0.973. The normalized spacial score (nSPS) is 23.6. The van der Waals surface area contributed by atoms with Gasteiger partial charge in [0.25, 0.3) is 0 Å². The SMILES string of the molecule is C[C@@]1(Cc2ccccc2)N=C([C@@H]2CCCN2C(=O)OCc2ccccc2)OC1=O. The van der Waals surface area contributed by atoms with Gasteiger partial charge < -0.3 is 9.47 Å². The molecule has 4 rings (SSSR count). The van der Waals surface area contributed by atoms with Gasteiger partial charge in [-0.25, -0.2) is 14.6 Å². The molecule has 1 fully saturated rings. The zero-order valence-corrected chi connectivity index (χ0v) is 16.4. The number of benzene rings is 2. The van der Waals surface area contributed by atoms with Crippen LogP contribution in [0.3, 0.4) is 0 Å². The predicted molar refractivity (Wildman–Crippen MR) is 108 cm³/mol. The first-order valence-corrected chi connectivity index (χ1v) is 9.88. The summed E-state index contributed by atoms with van der Waals surface area (Å²) in [6, 6.07) is 18.9. The van der Waals surface area contributed by atoms with Crippen LogP contribution in [-0.2, 0) is 27.3 Å². The van der Waals surface area contributed by atoms with E-state index in [1.807, 2.05) is 60.7 Å². The number of hydrogen-bond acceptors (Lipinski definition) is 5. The third kappa shape index (κ3) is 4.16. The number of likely N-dealkylation sites (tertiary alicyclic amines) is 1. The Hall–Kier alpha value is -3.15. The van der Waals surface area contributed by atoms with E-state index in [1.165, 1.54) is 0 Å². The second-order valence-corrected chi connectivity index (χ2v) is 7.67. The zero-order valence-electron chi connectivity index (χ0n) is 16.4. The summed E-state index contributed by atoms with van der Waals surface area (Å²) in [5.41, 5.74) is 0.970. The molecule has 1 amide bonds. The van der Waals surface area contributed by atoms with Gasteiger partial charge in [-0.2, -0.15) is 0 Å². The van der Waals surface area contributed by atoms with Crippen LogP contribution >= 0.6 is 0 Å². The second-order valence-electron chi connectivity index (χ2n) is 7.67. The van der Waals surface area contributed by atoms with Crippen molar-refractivity contribution in [1.29, 1.82) is 0 Å². The molecule has 150 valence electrons. The van der Waals surface area contributed by atoms with E-state index in [9.17, 15) is 9.59 Å². The number of hydrogen-bond donors (Lipinski definition) is 0. The molecule has 0 bridgehead atoms. The van der Waals surface area contributed by atoms with Crippen molar-refractivity contribution < 1.29 is 19.1 Å². The van der Waals surface area contributed by atoms with E-state index in [2.05, 4.69) is 4.99 Å². The van der Waals surface area contributed by atoms with Gasteiger partial charge in [0.1, 0.15) is 12.6 Å². The van der Waals surface area contributed by atoms with E-state index in [0.717, 1.165) is 17.5 Å². The Bertz CT molecular complexity index is 913. The third-order valence-electron chi connectivity index (χ3n) is 5.36. The van der Waals surface area contributed by atoms with Gasteiger partial charge in [-0.1, -0.05) is 60.7 Å². The summed E-state index contributed by atoms with van der Waals surface area (Å²) in [7, 11) is 0. The molecule has 6 nitrogen and oxygen atoms in total. The molecule has 0 aliphatic carbocycles. The van der Waals surface area contributed by atoms with Crippen molar-refractivity contribution in [1.82, 2.24) is 4.90 Å². The topological polar surface area (TPSA) is 68.2 Å². The Morgan fingerprint density at radius 3 is 2.48 bits per heavy atom. The summed E-state index contributed by atoms with van der Waals surface area (Å²) in [5, 5.41) is 0. The van der Waals surface area contributed by atoms with Gasteiger partial charge in [-0.05, 0) is 30.9 Å². The monoisotopic (exact) mass is 392 g/mol. The van der Waals surface area contributed by atoms with Gasteiger partial charge in [-0.15, -0.1) is 0 Å². The molecule has 0 unspecified atom stereocenters. The molecular weight excluding hydrogens is 368 g/mol. The average Bonchev–Trinajstić information content (AvgIpc) is 3.33. The number of cyclic esters (lactones) is 1. The van der Waals surface area contributed by atoms with Crippen LogP contribution in [0.1, 0.15) is 30.9 Å². The molecule has 2 aliphatic heterocycles. The Balaban J connectivity index is 1.45. The standard InChI is InChI=1S/C23H24N2O4/c1-23(15-17-9-4-2-5-10-17)21(26)29-20(24-23)19-13-8-14-25(19)22(27)28-16-18-11-6-3-7-12-18/h2-7,9-12,19H,8,13-16H2,1H3/t19-,23-/m0/s1. The maximum Gasteiger partial charge on any atom is 0.410 e. The van der Waals surface area contributed by atoms with Crippen molar-refractivity contribution in [2.24, 2.45) is 4.99 Å². The Kier molecular flexibility index (Phi) is 5.34. The summed E-state index contributed by atoms with van der Waals surface area (Å²) < 4.78 is 11.0. The molecule has 0 spiro atoms. The molecule has 2 aromatic rings. The number of esters is 1. The van der Waals surface area contributed by atoms with Crippen LogP contribution in [0, 0.1) is 0 Å². The van der Waals surface area contributed by atoms with E-state index in [-0.39, 0.29) is 18.6 Å². The molecule has 29 heavy (non-hydrogen) atoms. The Morgan fingerprint density at radius 1 is 1.14 bits per heavy atom. The lowest BCUT2D eigenvalue weighted by Gasteiger charge is -2.23. The summed E-state index contributed by atoms with van der Waals surface area (Å²) in [4.78, 5) is 31.5. The number of nitrogens with zero attached hydrogens (tertiary/aromatic N) is 2. The lowest BCUT2D eigenvalue weighted by molar-refractivity contribution is -0.138. The molecule has 2 aromatic carbocycles. The Labute approximate surface area is 170 Å². The highest BCUT2D eigenvalue weighted by atomic mass is 16.6. The number of ether oxygens (including phenoxy) is 2. The molecule has 6 heteroatoms. The van der Waals surface area contributed by atoms with Crippen molar-refractivity contribution in [2.75, 3.05) is 6.54 Å². The summed E-state index contributed by atoms with van der Waals surface area (Å²) in [6.07, 6.45) is 1.57. The van der Waals surface area contributed by atoms with Crippen LogP contribution in [0.5, 0.6) is 0 Å². The number of amides is 1. The molecule has 2 aliphatic rings. The fourth-order valence-corrected chi connectivity index (χ4v) is 3.81. The third-order valence-corrected chi connectivity index (χ3v) is 5.36. The molecule has 2 atom stereocenters. The van der Waals surface area contributed by atoms with Crippen LogP contribution in [0.4, 0.5) is 4.79 Å². The number of carbonyl (C=O) groups excluding carboxylic acids is 2. The molecule has 1 saturated heterocycles. The number of aliphatic imine (C=N–C) groups is 1. The summed E-state index contributed by atoms with van der Waals surface area (Å²) >= 11 is 0. The van der Waals surface area contributed by atoms with Crippen LogP contribution in [0.2, 0.25) is 0 Å². The van der Waals surface area contributed by atoms with Gasteiger partial charge >= 0.3 is 12.1 Å². The van der Waals surface area contributed by atoms with Gasteiger partial charge in [0.2, 0.25) is 5.90 Å². The van der Waals surface area contributed by atoms with E-state index >= 15 is 0 Å². The first kappa shape index (κ1) is 19.2. The van der Waals surface area contributed by atoms with Crippen molar-refractivity contribution >= 4 is 18.0 Å². The maximum atomic E-state index is 12.6. The van der Waals surface area contributed by atoms with E-state index in [4.69, 9.17) is 9.47 Å². The predicted octanol–water partition coefficient (Wildman–Crippen LogP) is 3.74. The van der Waals surface area contributed by atoms with Crippen molar-refractivity contribution in [3.63, 3.8) is 0 Å². The average molecular weight is 392 g/mol. The van der Waals surface area contributed by atoms with Crippen molar-refractivity contribution in [3.05, 3.63) is 71.8 Å². The highest BCUT2D eigenvalue weighted by molar-refractivity contribution is 6.03. The molecular formula is C23H24N2O4. The highest BCUT2D eigenvalue weighted by Crippen LogP contribution is 2.30. The van der Waals surface area contributed by atoms with Gasteiger partial charge in [-0.3, -0.25) is 4.90 Å². The smallest absolute Gasteiger partial charge is 0.410 e. The lowest BCUT2D eigenvalue weighted by atomic mass is 9.94. The van der Waals surface area contributed by atoms with Crippen LogP contribution < -0.4 is 0 Å². The molecule has 0 saturated carbocycles. The van der Waals surface area contributed by atoms with Crippen molar-refractivity contribution in [3.8, 4) is 0 Å². The Morgan fingerprint density at radius 2 is 1.79 bits per heavy atom. The molecule has 2 heterocycles. The fraction of sp³-hybridized carbons (Fsp3) is 0.348. The highest BCUT2D eigenvalue weighted by Gasteiger charge is 2.46. The molecule has 0 N–H and O–H groups in total. The second kappa shape index (κ2) is 8.07. The van der Waals surface area contributed by atoms with E-state index in [0.29, 0.717) is 25.3 Å². The molecule has 0 aromatic heterocycles. The summed E-state index contributed by atoms with van der Waals surface area (Å²) in [5.74, 6) is -0.0524. The molecule has 0 radical (unpaired) electrons. The number of carbonyl (C=O) groups is 2. The first-order chi connectivity index (χ1) is 14.0. The lowest BCUT2D eigenvalue weighted by Crippen LogP contribution is -2.41.